The summed E-state index contributed by atoms with van der Waals surface area (Å²) in [5, 5.41) is 4.72. The van der Waals surface area contributed by atoms with Gasteiger partial charge in [0.05, 0.1) is 11.4 Å². The van der Waals surface area contributed by atoms with Crippen LogP contribution in [0.2, 0.25) is 0 Å². The van der Waals surface area contributed by atoms with E-state index in [0.29, 0.717) is 0 Å². The predicted octanol–water partition coefficient (Wildman–Crippen LogP) is 18.2. The number of hydrogen-bond donors (Lipinski definition) is 0. The first-order valence-electron chi connectivity index (χ1n) is 22.6. The number of hydrogen-bond acceptors (Lipinski definition) is 2. The van der Waals surface area contributed by atoms with Crippen molar-refractivity contribution in [3.63, 3.8) is 0 Å². The molecule has 0 unspecified atom stereocenters. The van der Waals surface area contributed by atoms with Gasteiger partial charge in [-0.25, -0.2) is 0 Å². The van der Waals surface area contributed by atoms with Gasteiger partial charge in [-0.3, -0.25) is 0 Å². The predicted molar refractivity (Wildman–Crippen MR) is 279 cm³/mol. The molecule has 0 saturated heterocycles. The third-order valence-corrected chi connectivity index (χ3v) is 12.9. The monoisotopic (exact) mass is 841 g/mol. The fraction of sp³-hybridized carbons (Fsp3) is 0. The SMILES string of the molecule is c1ccc(-c2ccccc2-c2c(-c3ccccc3)cccc2N(c2ccc(-c3ccc(-c4cccc5ccccc45)cc3)cc2)c2ccccc2-c2cccc3c2oc2ccccc23)cc1. The Kier molecular flexibility index (Phi) is 9.89. The first-order chi connectivity index (χ1) is 32.8. The molecule has 0 aliphatic rings. The Bertz CT molecular complexity index is 3680. The van der Waals surface area contributed by atoms with Gasteiger partial charge in [-0.1, -0.05) is 231 Å². The number of nitrogens with zero attached hydrogens (tertiary/aromatic N) is 1. The van der Waals surface area contributed by atoms with Crippen LogP contribution in [0, 0.1) is 0 Å². The van der Waals surface area contributed by atoms with Gasteiger partial charge in [-0.15, -0.1) is 0 Å². The number of anilines is 3. The fourth-order valence-corrected chi connectivity index (χ4v) is 9.82. The maximum Gasteiger partial charge on any atom is 0.143 e. The zero-order valence-corrected chi connectivity index (χ0v) is 36.2. The topological polar surface area (TPSA) is 16.4 Å². The van der Waals surface area contributed by atoms with Crippen LogP contribution in [0.5, 0.6) is 0 Å². The second kappa shape index (κ2) is 16.8. The Morgan fingerprint density at radius 2 is 0.727 bits per heavy atom. The van der Waals surface area contributed by atoms with Gasteiger partial charge in [0.15, 0.2) is 0 Å². The van der Waals surface area contributed by atoms with E-state index >= 15 is 0 Å². The molecule has 0 radical (unpaired) electrons. The molecule has 0 aliphatic carbocycles. The van der Waals surface area contributed by atoms with Crippen molar-refractivity contribution in [1.82, 2.24) is 0 Å². The number of fused-ring (bicyclic) bond motifs is 4. The molecule has 0 spiro atoms. The first kappa shape index (κ1) is 38.9. The summed E-state index contributed by atoms with van der Waals surface area (Å²) >= 11 is 0. The van der Waals surface area contributed by atoms with Crippen molar-refractivity contribution in [2.45, 2.75) is 0 Å². The van der Waals surface area contributed by atoms with Crippen LogP contribution in [0.15, 0.2) is 265 Å². The molecule has 0 bridgehead atoms. The van der Waals surface area contributed by atoms with E-state index in [1.165, 1.54) is 33.0 Å². The minimum absolute atomic E-state index is 0.876. The highest BCUT2D eigenvalue weighted by Crippen LogP contribution is 2.51. The maximum atomic E-state index is 6.72. The van der Waals surface area contributed by atoms with E-state index in [4.69, 9.17) is 4.42 Å². The van der Waals surface area contributed by atoms with Crippen molar-refractivity contribution in [2.24, 2.45) is 0 Å². The zero-order valence-electron chi connectivity index (χ0n) is 36.2. The van der Waals surface area contributed by atoms with E-state index in [2.05, 4.69) is 260 Å². The highest BCUT2D eigenvalue weighted by Gasteiger charge is 2.25. The number of benzene rings is 11. The molecule has 66 heavy (non-hydrogen) atoms. The lowest BCUT2D eigenvalue weighted by Gasteiger charge is -2.31. The molecular formula is C64H43NO. The van der Waals surface area contributed by atoms with E-state index in [1.54, 1.807) is 0 Å². The molecule has 12 rings (SSSR count). The minimum Gasteiger partial charge on any atom is -0.455 e. The molecule has 1 heterocycles. The second-order valence-electron chi connectivity index (χ2n) is 16.8. The van der Waals surface area contributed by atoms with Gasteiger partial charge < -0.3 is 9.32 Å². The highest BCUT2D eigenvalue weighted by atomic mass is 16.3. The van der Waals surface area contributed by atoms with Crippen molar-refractivity contribution in [2.75, 3.05) is 4.90 Å². The molecule has 2 heteroatoms. The third kappa shape index (κ3) is 6.93. The molecule has 2 nitrogen and oxygen atoms in total. The van der Waals surface area contributed by atoms with E-state index < -0.39 is 0 Å². The smallest absolute Gasteiger partial charge is 0.143 e. The van der Waals surface area contributed by atoms with Crippen molar-refractivity contribution in [3.05, 3.63) is 261 Å². The van der Waals surface area contributed by atoms with Gasteiger partial charge in [0, 0.05) is 33.2 Å². The largest absolute Gasteiger partial charge is 0.455 e. The van der Waals surface area contributed by atoms with Gasteiger partial charge in [-0.2, -0.15) is 0 Å². The van der Waals surface area contributed by atoms with Crippen molar-refractivity contribution in [1.29, 1.82) is 0 Å². The Balaban J connectivity index is 1.07. The average Bonchev–Trinajstić information content (AvgIpc) is 3.79. The summed E-state index contributed by atoms with van der Waals surface area (Å²) in [4.78, 5) is 2.45. The van der Waals surface area contributed by atoms with Crippen LogP contribution in [0.25, 0.3) is 99.5 Å². The molecule has 310 valence electrons. The normalized spacial score (nSPS) is 11.3. The molecular weight excluding hydrogens is 799 g/mol. The highest BCUT2D eigenvalue weighted by molar-refractivity contribution is 6.11. The third-order valence-electron chi connectivity index (χ3n) is 12.9. The number of rotatable bonds is 9. The maximum absolute atomic E-state index is 6.72. The average molecular weight is 842 g/mol. The lowest BCUT2D eigenvalue weighted by Crippen LogP contribution is -2.13. The van der Waals surface area contributed by atoms with E-state index in [1.807, 2.05) is 6.07 Å². The Hall–Kier alpha value is -8.72. The minimum atomic E-state index is 0.876. The van der Waals surface area contributed by atoms with Gasteiger partial charge in [-0.05, 0) is 91.2 Å². The van der Waals surface area contributed by atoms with Crippen LogP contribution in [0.3, 0.4) is 0 Å². The molecule has 1 aromatic heterocycles. The Labute approximate surface area is 384 Å². The molecule has 11 aromatic carbocycles. The molecule has 12 aromatic rings. The summed E-state index contributed by atoms with van der Waals surface area (Å²) in [6, 6.07) is 93.9. The van der Waals surface area contributed by atoms with Crippen LogP contribution in [-0.2, 0) is 0 Å². The van der Waals surface area contributed by atoms with Gasteiger partial charge in [0.2, 0.25) is 0 Å². The zero-order chi connectivity index (χ0) is 43.8. The quantitative estimate of drug-likeness (QED) is 0.144. The van der Waals surface area contributed by atoms with Crippen molar-refractivity contribution in [3.8, 4) is 66.8 Å². The second-order valence-corrected chi connectivity index (χ2v) is 16.8. The summed E-state index contributed by atoms with van der Waals surface area (Å²) in [7, 11) is 0. The van der Waals surface area contributed by atoms with Gasteiger partial charge in [0.1, 0.15) is 11.2 Å². The Morgan fingerprint density at radius 1 is 0.258 bits per heavy atom. The summed E-state index contributed by atoms with van der Waals surface area (Å²) < 4.78 is 6.72. The van der Waals surface area contributed by atoms with Crippen LogP contribution in [-0.4, -0.2) is 0 Å². The number of para-hydroxylation sites is 3. The standard InChI is InChI=1S/C64H43NO/c1-3-18-46(19-4-1)53-25-9-10-28-57(53)63-54(48-20-5-2-6-21-48)30-17-34-61(63)65(60-33-13-11-26-55(60)58-31-16-32-59-56-27-12-14-35-62(56)66-64(58)59)50-42-40-45(41-43-50)44-36-38-49(39-37-44)52-29-15-23-47-22-7-8-24-51(47)52/h1-43H. The molecule has 0 saturated carbocycles. The molecule has 0 atom stereocenters. The van der Waals surface area contributed by atoms with Crippen molar-refractivity contribution < 1.29 is 4.42 Å². The lowest BCUT2D eigenvalue weighted by molar-refractivity contribution is 0.670. The fourth-order valence-electron chi connectivity index (χ4n) is 9.82. The summed E-state index contributed by atoms with van der Waals surface area (Å²) in [5.74, 6) is 0. The van der Waals surface area contributed by atoms with E-state index in [-0.39, 0.29) is 0 Å². The molecule has 0 N–H and O–H groups in total. The van der Waals surface area contributed by atoms with Crippen LogP contribution >= 0.6 is 0 Å². The van der Waals surface area contributed by atoms with Gasteiger partial charge >= 0.3 is 0 Å². The summed E-state index contributed by atoms with van der Waals surface area (Å²) in [5.41, 5.74) is 18.7. The van der Waals surface area contributed by atoms with E-state index in [0.717, 1.165) is 83.5 Å². The molecule has 0 fully saturated rings. The van der Waals surface area contributed by atoms with Crippen molar-refractivity contribution >= 4 is 49.8 Å². The van der Waals surface area contributed by atoms with Crippen LogP contribution in [0.1, 0.15) is 0 Å². The summed E-state index contributed by atoms with van der Waals surface area (Å²) in [6.45, 7) is 0. The molecule has 0 aliphatic heterocycles. The van der Waals surface area contributed by atoms with E-state index in [9.17, 15) is 0 Å². The van der Waals surface area contributed by atoms with Crippen LogP contribution < -0.4 is 4.90 Å². The van der Waals surface area contributed by atoms with Gasteiger partial charge in [0.25, 0.3) is 0 Å². The van der Waals surface area contributed by atoms with Crippen LogP contribution in [0.4, 0.5) is 17.1 Å². The lowest BCUT2D eigenvalue weighted by atomic mass is 9.87. The Morgan fingerprint density at radius 3 is 1.50 bits per heavy atom. The summed E-state index contributed by atoms with van der Waals surface area (Å²) in [6.07, 6.45) is 0. The first-order valence-corrected chi connectivity index (χ1v) is 22.6. The number of furan rings is 1. The molecule has 0 amide bonds.